The zero-order chi connectivity index (χ0) is 14.4. The van der Waals surface area contributed by atoms with Crippen LogP contribution < -0.4 is 9.64 Å². The topological polar surface area (TPSA) is 103 Å². The number of cyclic esters (lactones) is 1. The number of hydrogen-bond acceptors (Lipinski definition) is 7. The largest absolute Gasteiger partial charge is 0.483 e. The summed E-state index contributed by atoms with van der Waals surface area (Å²) in [5.74, 6) is 1.21. The number of carbonyl (C=O) groups is 1. The highest BCUT2D eigenvalue weighted by atomic mass is 16.6. The number of tetrazole rings is 1. The van der Waals surface area contributed by atoms with Crippen molar-refractivity contribution in [2.75, 3.05) is 18.1 Å². The van der Waals surface area contributed by atoms with E-state index in [-0.39, 0.29) is 13.2 Å². The second-order valence-electron chi connectivity index (χ2n) is 4.75. The number of aliphatic hydroxyl groups is 1. The van der Waals surface area contributed by atoms with E-state index in [1.165, 1.54) is 4.90 Å². The predicted molar refractivity (Wildman–Crippen MR) is 68.2 cm³/mol. The van der Waals surface area contributed by atoms with Gasteiger partial charge in [-0.15, -0.1) is 5.10 Å². The van der Waals surface area contributed by atoms with Crippen LogP contribution in [-0.4, -0.2) is 50.7 Å². The lowest BCUT2D eigenvalue weighted by Gasteiger charge is -2.20. The Morgan fingerprint density at radius 3 is 3.14 bits per heavy atom. The van der Waals surface area contributed by atoms with Crippen molar-refractivity contribution in [2.45, 2.75) is 12.7 Å². The van der Waals surface area contributed by atoms with Gasteiger partial charge in [0.15, 0.2) is 5.82 Å². The van der Waals surface area contributed by atoms with Crippen LogP contribution >= 0.6 is 0 Å². The van der Waals surface area contributed by atoms with Gasteiger partial charge in [0.05, 0.1) is 18.8 Å². The molecule has 4 rings (SSSR count). The number of hydrogen-bond donors (Lipinski definition) is 1. The van der Waals surface area contributed by atoms with Gasteiger partial charge in [0.25, 0.3) is 0 Å². The summed E-state index contributed by atoms with van der Waals surface area (Å²) < 4.78 is 12.2. The summed E-state index contributed by atoms with van der Waals surface area (Å²) in [6.45, 7) is 0.384. The first-order valence-corrected chi connectivity index (χ1v) is 6.40. The molecule has 9 nitrogen and oxygen atoms in total. The van der Waals surface area contributed by atoms with Crippen LogP contribution in [0.1, 0.15) is 5.82 Å². The molecule has 2 aromatic rings. The fourth-order valence-corrected chi connectivity index (χ4v) is 2.41. The monoisotopic (exact) mass is 289 g/mol. The molecule has 1 aromatic carbocycles. The fraction of sp³-hybridized carbons (Fsp3) is 0.333. The molecule has 3 heterocycles. The van der Waals surface area contributed by atoms with Crippen LogP contribution in [0.15, 0.2) is 18.2 Å². The van der Waals surface area contributed by atoms with Crippen LogP contribution in [0.5, 0.6) is 5.75 Å². The Morgan fingerprint density at radius 1 is 1.43 bits per heavy atom. The number of aromatic nitrogens is 4. The molecule has 0 unspecified atom stereocenters. The molecule has 0 saturated carbocycles. The maximum atomic E-state index is 11.8. The summed E-state index contributed by atoms with van der Waals surface area (Å²) in [6.07, 6.45) is -0.978. The summed E-state index contributed by atoms with van der Waals surface area (Å²) >= 11 is 0. The van der Waals surface area contributed by atoms with Crippen molar-refractivity contribution in [3.63, 3.8) is 0 Å². The van der Waals surface area contributed by atoms with Gasteiger partial charge in [-0.2, -0.15) is 4.68 Å². The van der Waals surface area contributed by atoms with E-state index in [1.807, 2.05) is 0 Å². The van der Waals surface area contributed by atoms with Crippen molar-refractivity contribution >= 4 is 11.8 Å². The molecule has 21 heavy (non-hydrogen) atoms. The van der Waals surface area contributed by atoms with Crippen molar-refractivity contribution in [1.29, 1.82) is 0 Å². The number of fused-ring (bicyclic) bond motifs is 3. The molecular weight excluding hydrogens is 278 g/mol. The standard InChI is InChI=1S/C12H11N5O4/c18-5-8-4-16(12(19)21-8)7-1-2-9-10(3-7)20-6-11-13-14-15-17(9)11/h1-3,8,18H,4-6H2/t8-/m0/s1. The van der Waals surface area contributed by atoms with Gasteiger partial charge in [0.1, 0.15) is 24.1 Å². The first-order chi connectivity index (χ1) is 10.3. The lowest BCUT2D eigenvalue weighted by molar-refractivity contribution is 0.0963. The van der Waals surface area contributed by atoms with E-state index < -0.39 is 12.2 Å². The van der Waals surface area contributed by atoms with Crippen LogP contribution in [0.2, 0.25) is 0 Å². The van der Waals surface area contributed by atoms with Gasteiger partial charge < -0.3 is 14.6 Å². The molecule has 1 N–H and O–H groups in total. The Kier molecular flexibility index (Phi) is 2.54. The molecule has 0 spiro atoms. The molecule has 0 radical (unpaired) electrons. The minimum Gasteiger partial charge on any atom is -0.483 e. The number of rotatable bonds is 2. The molecule has 1 saturated heterocycles. The fourth-order valence-electron chi connectivity index (χ4n) is 2.41. The minimum atomic E-state index is -0.499. The van der Waals surface area contributed by atoms with Crippen LogP contribution in [0, 0.1) is 0 Å². The van der Waals surface area contributed by atoms with Crippen molar-refractivity contribution < 1.29 is 19.4 Å². The highest BCUT2D eigenvalue weighted by molar-refractivity contribution is 5.90. The summed E-state index contributed by atoms with van der Waals surface area (Å²) in [6, 6.07) is 5.28. The van der Waals surface area contributed by atoms with Crippen LogP contribution in [0.3, 0.4) is 0 Å². The number of nitrogens with zero attached hydrogens (tertiary/aromatic N) is 5. The number of anilines is 1. The van der Waals surface area contributed by atoms with E-state index >= 15 is 0 Å². The van der Waals surface area contributed by atoms with Gasteiger partial charge in [-0.1, -0.05) is 0 Å². The van der Waals surface area contributed by atoms with E-state index in [2.05, 4.69) is 15.5 Å². The number of carbonyl (C=O) groups excluding carboxylic acids is 1. The van der Waals surface area contributed by atoms with Gasteiger partial charge in [-0.05, 0) is 22.6 Å². The van der Waals surface area contributed by atoms with E-state index in [9.17, 15) is 4.79 Å². The third-order valence-corrected chi connectivity index (χ3v) is 3.45. The van der Waals surface area contributed by atoms with Gasteiger partial charge in [0, 0.05) is 6.07 Å². The minimum absolute atomic E-state index is 0.197. The SMILES string of the molecule is O=C1O[C@H](CO)CN1c1ccc2c(c1)OCc1nnnn1-2. The average molecular weight is 289 g/mol. The molecule has 1 atom stereocenters. The van der Waals surface area contributed by atoms with E-state index in [1.54, 1.807) is 22.9 Å². The quantitative estimate of drug-likeness (QED) is 0.821. The number of benzene rings is 1. The molecule has 2 aliphatic heterocycles. The second-order valence-corrected chi connectivity index (χ2v) is 4.75. The number of aliphatic hydroxyl groups excluding tert-OH is 1. The van der Waals surface area contributed by atoms with Gasteiger partial charge in [0.2, 0.25) is 0 Å². The smallest absolute Gasteiger partial charge is 0.414 e. The van der Waals surface area contributed by atoms with E-state index in [0.717, 1.165) is 5.69 Å². The molecule has 1 fully saturated rings. The molecule has 2 aliphatic rings. The van der Waals surface area contributed by atoms with Gasteiger partial charge in [-0.3, -0.25) is 4.90 Å². The lowest BCUT2D eigenvalue weighted by Crippen LogP contribution is -2.25. The third kappa shape index (κ3) is 1.82. The van der Waals surface area contributed by atoms with E-state index in [0.29, 0.717) is 23.8 Å². The summed E-state index contributed by atoms with van der Waals surface area (Å²) in [4.78, 5) is 13.2. The van der Waals surface area contributed by atoms with E-state index in [4.69, 9.17) is 14.6 Å². The number of amides is 1. The Balaban J connectivity index is 1.70. The summed E-state index contributed by atoms with van der Waals surface area (Å²) in [7, 11) is 0. The summed E-state index contributed by atoms with van der Waals surface area (Å²) in [5.41, 5.74) is 1.36. The Hall–Kier alpha value is -2.68. The third-order valence-electron chi connectivity index (χ3n) is 3.45. The Bertz CT molecular complexity index is 715. The van der Waals surface area contributed by atoms with Crippen molar-refractivity contribution in [3.8, 4) is 11.4 Å². The molecule has 0 bridgehead atoms. The molecule has 108 valence electrons. The molecule has 9 heteroatoms. The van der Waals surface area contributed by atoms with Crippen LogP contribution in [0.4, 0.5) is 10.5 Å². The normalized spacial score (nSPS) is 19.8. The highest BCUT2D eigenvalue weighted by Gasteiger charge is 2.32. The van der Waals surface area contributed by atoms with Crippen molar-refractivity contribution in [2.24, 2.45) is 0 Å². The van der Waals surface area contributed by atoms with Gasteiger partial charge >= 0.3 is 6.09 Å². The molecule has 1 aromatic heterocycles. The van der Waals surface area contributed by atoms with Crippen LogP contribution in [-0.2, 0) is 11.3 Å². The maximum absolute atomic E-state index is 11.8. The zero-order valence-corrected chi connectivity index (χ0v) is 10.8. The second kappa shape index (κ2) is 4.42. The Labute approximate surface area is 118 Å². The first kappa shape index (κ1) is 12.1. The van der Waals surface area contributed by atoms with Crippen molar-refractivity contribution in [3.05, 3.63) is 24.0 Å². The average Bonchev–Trinajstić information content (AvgIpc) is 3.12. The summed E-state index contributed by atoms with van der Waals surface area (Å²) in [5, 5.41) is 20.4. The maximum Gasteiger partial charge on any atom is 0.414 e. The van der Waals surface area contributed by atoms with Gasteiger partial charge in [-0.25, -0.2) is 4.79 Å². The highest BCUT2D eigenvalue weighted by Crippen LogP contribution is 2.33. The predicted octanol–water partition coefficient (Wildman–Crippen LogP) is -0.128. The number of ether oxygens (including phenoxy) is 2. The van der Waals surface area contributed by atoms with Crippen LogP contribution in [0.25, 0.3) is 5.69 Å². The van der Waals surface area contributed by atoms with Crippen molar-refractivity contribution in [1.82, 2.24) is 20.2 Å². The molecule has 1 amide bonds. The first-order valence-electron chi connectivity index (χ1n) is 6.40. The molecule has 0 aliphatic carbocycles. The zero-order valence-electron chi connectivity index (χ0n) is 10.8. The Morgan fingerprint density at radius 2 is 2.33 bits per heavy atom. The lowest BCUT2D eigenvalue weighted by atomic mass is 10.2. The molecular formula is C12H11N5O4.